The monoisotopic (exact) mass is 335 g/mol. The van der Waals surface area contributed by atoms with Gasteiger partial charge in [-0.25, -0.2) is 12.8 Å². The van der Waals surface area contributed by atoms with Crippen molar-refractivity contribution >= 4 is 15.7 Å². The van der Waals surface area contributed by atoms with E-state index in [1.807, 2.05) is 0 Å². The second kappa shape index (κ2) is 6.91. The molecule has 0 aliphatic carbocycles. The van der Waals surface area contributed by atoms with Gasteiger partial charge in [0.25, 0.3) is 5.91 Å². The maximum absolute atomic E-state index is 12.8. The highest BCUT2D eigenvalue weighted by Crippen LogP contribution is 2.16. The molecule has 4 nitrogen and oxygen atoms in total. The summed E-state index contributed by atoms with van der Waals surface area (Å²) in [6.45, 7) is 3.49. The minimum atomic E-state index is -3.35. The Labute approximate surface area is 135 Å². The van der Waals surface area contributed by atoms with Crippen molar-refractivity contribution in [3.63, 3.8) is 0 Å². The molecule has 1 amide bonds. The van der Waals surface area contributed by atoms with Gasteiger partial charge in [-0.15, -0.1) is 0 Å². The molecule has 0 saturated carbocycles. The Bertz CT molecular complexity index is 782. The summed E-state index contributed by atoms with van der Waals surface area (Å²) in [6.07, 6.45) is 0. The number of rotatable bonds is 5. The van der Waals surface area contributed by atoms with Crippen LogP contribution in [-0.4, -0.2) is 19.6 Å². The Morgan fingerprint density at radius 2 is 1.61 bits per heavy atom. The lowest BCUT2D eigenvalue weighted by molar-refractivity contribution is 0.0951. The molecule has 0 heterocycles. The Hall–Kier alpha value is -2.21. The molecule has 0 atom stereocenters. The first kappa shape index (κ1) is 17.1. The molecule has 6 heteroatoms. The zero-order chi connectivity index (χ0) is 17.0. The zero-order valence-electron chi connectivity index (χ0n) is 12.9. The SMILES string of the molecule is CC(C)S(=O)(=O)c1ccc(C(=O)NCc2ccc(F)cc2)cc1. The highest BCUT2D eigenvalue weighted by atomic mass is 32.2. The van der Waals surface area contributed by atoms with Gasteiger partial charge in [0.1, 0.15) is 5.82 Å². The van der Waals surface area contributed by atoms with Crippen LogP contribution >= 0.6 is 0 Å². The maximum atomic E-state index is 12.8. The van der Waals surface area contributed by atoms with Crippen molar-refractivity contribution in [2.24, 2.45) is 0 Å². The molecule has 0 fully saturated rings. The molecule has 122 valence electrons. The van der Waals surface area contributed by atoms with Gasteiger partial charge < -0.3 is 5.32 Å². The molecule has 0 unspecified atom stereocenters. The third-order valence-electron chi connectivity index (χ3n) is 3.43. The standard InChI is InChI=1S/C17H18FNO3S/c1-12(2)23(21,22)16-9-5-14(6-10-16)17(20)19-11-13-3-7-15(18)8-4-13/h3-10,12H,11H2,1-2H3,(H,19,20). The lowest BCUT2D eigenvalue weighted by atomic mass is 10.2. The molecular weight excluding hydrogens is 317 g/mol. The summed E-state index contributed by atoms with van der Waals surface area (Å²) in [7, 11) is -3.35. The predicted molar refractivity (Wildman–Crippen MR) is 86.3 cm³/mol. The van der Waals surface area contributed by atoms with Gasteiger partial charge in [0.2, 0.25) is 0 Å². The van der Waals surface area contributed by atoms with Crippen molar-refractivity contribution in [1.29, 1.82) is 0 Å². The van der Waals surface area contributed by atoms with Gasteiger partial charge in [-0.1, -0.05) is 12.1 Å². The van der Waals surface area contributed by atoms with E-state index in [1.54, 1.807) is 26.0 Å². The van der Waals surface area contributed by atoms with Crippen LogP contribution in [0.4, 0.5) is 4.39 Å². The van der Waals surface area contributed by atoms with E-state index >= 15 is 0 Å². The lowest BCUT2D eigenvalue weighted by Crippen LogP contribution is -2.23. The van der Waals surface area contributed by atoms with E-state index in [-0.39, 0.29) is 23.2 Å². The van der Waals surface area contributed by atoms with E-state index in [9.17, 15) is 17.6 Å². The van der Waals surface area contributed by atoms with Crippen LogP contribution in [0.1, 0.15) is 29.8 Å². The fraction of sp³-hybridized carbons (Fsp3) is 0.235. The Kier molecular flexibility index (Phi) is 5.15. The summed E-state index contributed by atoms with van der Waals surface area (Å²) in [5, 5.41) is 2.19. The first-order valence-corrected chi connectivity index (χ1v) is 8.72. The number of amides is 1. The van der Waals surface area contributed by atoms with E-state index in [2.05, 4.69) is 5.32 Å². The van der Waals surface area contributed by atoms with Crippen LogP contribution in [0.5, 0.6) is 0 Å². The molecule has 0 bridgehead atoms. The number of halogens is 1. The fourth-order valence-corrected chi connectivity index (χ4v) is 3.01. The van der Waals surface area contributed by atoms with Crippen LogP contribution in [0.2, 0.25) is 0 Å². The van der Waals surface area contributed by atoms with E-state index in [4.69, 9.17) is 0 Å². The molecule has 0 aliphatic rings. The van der Waals surface area contributed by atoms with Gasteiger partial charge in [-0.3, -0.25) is 4.79 Å². The molecule has 0 spiro atoms. The second-order valence-corrected chi connectivity index (χ2v) is 7.93. The largest absolute Gasteiger partial charge is 0.348 e. The van der Waals surface area contributed by atoms with E-state index in [0.717, 1.165) is 5.56 Å². The molecule has 23 heavy (non-hydrogen) atoms. The van der Waals surface area contributed by atoms with Crippen molar-refractivity contribution in [2.45, 2.75) is 30.5 Å². The van der Waals surface area contributed by atoms with Crippen molar-refractivity contribution in [2.75, 3.05) is 0 Å². The molecule has 0 aromatic heterocycles. The maximum Gasteiger partial charge on any atom is 0.251 e. The Balaban J connectivity index is 2.04. The lowest BCUT2D eigenvalue weighted by Gasteiger charge is -2.09. The number of hydrogen-bond acceptors (Lipinski definition) is 3. The average Bonchev–Trinajstić information content (AvgIpc) is 2.54. The number of sulfone groups is 1. The number of benzene rings is 2. The molecular formula is C17H18FNO3S. The van der Waals surface area contributed by atoms with Gasteiger partial charge in [0.05, 0.1) is 10.1 Å². The van der Waals surface area contributed by atoms with Crippen LogP contribution < -0.4 is 5.32 Å². The number of nitrogens with one attached hydrogen (secondary N) is 1. The summed E-state index contributed by atoms with van der Waals surface area (Å²) in [5.41, 5.74) is 1.15. The Morgan fingerprint density at radius 1 is 1.04 bits per heavy atom. The molecule has 2 aromatic rings. The van der Waals surface area contributed by atoms with Crippen LogP contribution in [0.25, 0.3) is 0 Å². The summed E-state index contributed by atoms with van der Waals surface area (Å²) in [5.74, 6) is -0.648. The zero-order valence-corrected chi connectivity index (χ0v) is 13.7. The summed E-state index contributed by atoms with van der Waals surface area (Å²) >= 11 is 0. The van der Waals surface area contributed by atoms with E-state index in [1.165, 1.54) is 36.4 Å². The molecule has 0 aliphatic heterocycles. The first-order chi connectivity index (χ1) is 10.8. The Morgan fingerprint density at radius 3 is 2.13 bits per heavy atom. The van der Waals surface area contributed by atoms with E-state index in [0.29, 0.717) is 5.56 Å². The van der Waals surface area contributed by atoms with Gasteiger partial charge in [0, 0.05) is 12.1 Å². The van der Waals surface area contributed by atoms with Crippen molar-refractivity contribution in [3.8, 4) is 0 Å². The van der Waals surface area contributed by atoms with Crippen molar-refractivity contribution in [3.05, 3.63) is 65.5 Å². The quantitative estimate of drug-likeness (QED) is 0.914. The van der Waals surface area contributed by atoms with Crippen LogP contribution in [0.3, 0.4) is 0 Å². The van der Waals surface area contributed by atoms with E-state index < -0.39 is 15.1 Å². The third kappa shape index (κ3) is 4.16. The van der Waals surface area contributed by atoms with Gasteiger partial charge in [-0.05, 0) is 55.8 Å². The number of hydrogen-bond donors (Lipinski definition) is 1. The fourth-order valence-electron chi connectivity index (χ4n) is 1.95. The summed E-state index contributed by atoms with van der Waals surface area (Å²) in [6, 6.07) is 11.7. The summed E-state index contributed by atoms with van der Waals surface area (Å²) in [4.78, 5) is 12.2. The first-order valence-electron chi connectivity index (χ1n) is 7.17. The van der Waals surface area contributed by atoms with Gasteiger partial charge in [-0.2, -0.15) is 0 Å². The van der Waals surface area contributed by atoms with Crippen LogP contribution in [0.15, 0.2) is 53.4 Å². The van der Waals surface area contributed by atoms with Gasteiger partial charge >= 0.3 is 0 Å². The smallest absolute Gasteiger partial charge is 0.251 e. The number of carbonyl (C=O) groups excluding carboxylic acids is 1. The highest BCUT2D eigenvalue weighted by molar-refractivity contribution is 7.92. The minimum Gasteiger partial charge on any atom is -0.348 e. The van der Waals surface area contributed by atoms with Gasteiger partial charge in [0.15, 0.2) is 9.84 Å². The molecule has 2 rings (SSSR count). The highest BCUT2D eigenvalue weighted by Gasteiger charge is 2.19. The molecule has 0 radical (unpaired) electrons. The summed E-state index contributed by atoms with van der Waals surface area (Å²) < 4.78 is 36.8. The molecule has 1 N–H and O–H groups in total. The number of carbonyl (C=O) groups is 1. The molecule has 2 aromatic carbocycles. The topological polar surface area (TPSA) is 63.2 Å². The van der Waals surface area contributed by atoms with Crippen LogP contribution in [0, 0.1) is 5.82 Å². The second-order valence-electron chi connectivity index (χ2n) is 5.43. The van der Waals surface area contributed by atoms with Crippen molar-refractivity contribution in [1.82, 2.24) is 5.32 Å². The normalized spacial score (nSPS) is 11.5. The molecule has 0 saturated heterocycles. The third-order valence-corrected chi connectivity index (χ3v) is 5.60. The minimum absolute atomic E-state index is 0.197. The van der Waals surface area contributed by atoms with Crippen molar-refractivity contribution < 1.29 is 17.6 Å². The predicted octanol–water partition coefficient (Wildman–Crippen LogP) is 2.94. The average molecular weight is 335 g/mol. The van der Waals surface area contributed by atoms with Crippen LogP contribution in [-0.2, 0) is 16.4 Å².